The number of benzene rings is 4. The number of halogens is 3. The summed E-state index contributed by atoms with van der Waals surface area (Å²) in [6.07, 6.45) is 3.59. The normalized spacial score (nSPS) is 16.5. The number of amides is 4. The number of aromatic nitrogens is 2. The van der Waals surface area contributed by atoms with Crippen molar-refractivity contribution in [3.8, 4) is 22.6 Å². The molecule has 0 aliphatic carbocycles. The Bertz CT molecular complexity index is 2530. The third-order valence-corrected chi connectivity index (χ3v) is 11.4. The van der Waals surface area contributed by atoms with Gasteiger partial charge in [0.2, 0.25) is 17.7 Å². The molecule has 61 heavy (non-hydrogen) atoms. The maximum atomic E-state index is 16.4. The summed E-state index contributed by atoms with van der Waals surface area (Å²) in [5.41, 5.74) is 2.92. The maximum absolute atomic E-state index is 16.4. The zero-order valence-corrected chi connectivity index (χ0v) is 33.9. The number of hydrogen-bond acceptors (Lipinski definition) is 10. The van der Waals surface area contributed by atoms with Crippen LogP contribution in [-0.2, 0) is 34.1 Å². The summed E-state index contributed by atoms with van der Waals surface area (Å²) in [5.74, 6) is -1.50. The van der Waals surface area contributed by atoms with Crippen LogP contribution in [0.3, 0.4) is 0 Å². The van der Waals surface area contributed by atoms with Gasteiger partial charge in [0.15, 0.2) is 5.82 Å². The SMILES string of the molecule is C=CC(=O)N1CCN(c2ncnc3c(F)c(-c4c(F)cccc4OCCCNCc4ccc(COc5cccc6c5CN(C5CCC(=O)NC5=O)C6=O)cc4)c(Cl)cc23)CC1. The van der Waals surface area contributed by atoms with Crippen LogP contribution in [0, 0.1) is 11.6 Å². The van der Waals surface area contributed by atoms with Crippen molar-refractivity contribution in [2.75, 3.05) is 44.2 Å². The molecular weight excluding hydrogens is 808 g/mol. The number of carbonyl (C=O) groups is 4. The predicted octanol–water partition coefficient (Wildman–Crippen LogP) is 5.96. The first-order valence-electron chi connectivity index (χ1n) is 20.0. The van der Waals surface area contributed by atoms with Crippen molar-refractivity contribution in [2.45, 2.75) is 45.0 Å². The van der Waals surface area contributed by atoms with Crippen LogP contribution in [0.25, 0.3) is 22.0 Å². The largest absolute Gasteiger partial charge is 0.493 e. The van der Waals surface area contributed by atoms with E-state index < -0.39 is 23.6 Å². The highest BCUT2D eigenvalue weighted by atomic mass is 35.5. The molecule has 0 spiro atoms. The Labute approximate surface area is 355 Å². The number of fused-ring (bicyclic) bond motifs is 2. The van der Waals surface area contributed by atoms with Crippen LogP contribution < -0.4 is 25.0 Å². The fourth-order valence-corrected chi connectivity index (χ4v) is 8.24. The van der Waals surface area contributed by atoms with E-state index in [0.29, 0.717) is 68.2 Å². The molecule has 0 saturated carbocycles. The molecule has 3 aliphatic rings. The van der Waals surface area contributed by atoms with Crippen LogP contribution in [-0.4, -0.2) is 88.8 Å². The van der Waals surface area contributed by atoms with Crippen molar-refractivity contribution in [3.05, 3.63) is 125 Å². The lowest BCUT2D eigenvalue weighted by Crippen LogP contribution is -2.52. The van der Waals surface area contributed by atoms with Crippen LogP contribution in [0.2, 0.25) is 5.02 Å². The number of imide groups is 1. The Kier molecular flexibility index (Phi) is 12.2. The first-order chi connectivity index (χ1) is 29.6. The lowest BCUT2D eigenvalue weighted by Gasteiger charge is -2.35. The Balaban J connectivity index is 0.836. The van der Waals surface area contributed by atoms with E-state index in [1.54, 1.807) is 35.2 Å². The second kappa shape index (κ2) is 18.0. The molecule has 13 nitrogen and oxygen atoms in total. The molecule has 2 saturated heterocycles. The molecule has 4 heterocycles. The molecule has 2 N–H and O–H groups in total. The van der Waals surface area contributed by atoms with E-state index in [1.807, 2.05) is 29.2 Å². The Morgan fingerprint density at radius 3 is 2.48 bits per heavy atom. The van der Waals surface area contributed by atoms with Gasteiger partial charge in [-0.25, -0.2) is 18.7 Å². The number of hydrogen-bond donors (Lipinski definition) is 2. The van der Waals surface area contributed by atoms with Crippen LogP contribution >= 0.6 is 11.6 Å². The van der Waals surface area contributed by atoms with Gasteiger partial charge in [-0.1, -0.05) is 54.6 Å². The van der Waals surface area contributed by atoms with Gasteiger partial charge in [-0.15, -0.1) is 0 Å². The molecule has 8 rings (SSSR count). The van der Waals surface area contributed by atoms with Gasteiger partial charge in [-0.3, -0.25) is 24.5 Å². The summed E-state index contributed by atoms with van der Waals surface area (Å²) in [4.78, 5) is 63.0. The topological polar surface area (TPSA) is 146 Å². The van der Waals surface area contributed by atoms with Crippen LogP contribution in [0.5, 0.6) is 11.5 Å². The van der Waals surface area contributed by atoms with E-state index in [-0.39, 0.29) is 77.7 Å². The number of anilines is 1. The number of piperazine rings is 1. The molecule has 16 heteroatoms. The predicted molar refractivity (Wildman–Crippen MR) is 224 cm³/mol. The number of nitrogens with one attached hydrogen (secondary N) is 2. The van der Waals surface area contributed by atoms with E-state index in [1.165, 1.54) is 29.4 Å². The summed E-state index contributed by atoms with van der Waals surface area (Å²) >= 11 is 6.71. The van der Waals surface area contributed by atoms with Gasteiger partial charge < -0.3 is 29.5 Å². The summed E-state index contributed by atoms with van der Waals surface area (Å²) < 4.78 is 44.0. The molecule has 314 valence electrons. The van der Waals surface area contributed by atoms with Gasteiger partial charge in [0.25, 0.3) is 5.91 Å². The number of nitrogens with zero attached hydrogens (tertiary/aromatic N) is 5. The quantitative estimate of drug-likeness (QED) is 0.0780. The average Bonchev–Trinajstić information content (AvgIpc) is 3.60. The zero-order valence-electron chi connectivity index (χ0n) is 33.1. The lowest BCUT2D eigenvalue weighted by atomic mass is 10.0. The monoisotopic (exact) mass is 849 g/mol. The van der Waals surface area contributed by atoms with Crippen molar-refractivity contribution < 1.29 is 37.4 Å². The van der Waals surface area contributed by atoms with Gasteiger partial charge in [-0.05, 0) is 66.9 Å². The molecule has 4 amide bonds. The van der Waals surface area contributed by atoms with E-state index in [9.17, 15) is 19.2 Å². The number of rotatable bonds is 14. The van der Waals surface area contributed by atoms with Gasteiger partial charge in [0, 0.05) is 61.2 Å². The molecule has 1 aromatic heterocycles. The molecule has 1 unspecified atom stereocenters. The number of piperidine rings is 1. The van der Waals surface area contributed by atoms with Crippen molar-refractivity contribution in [2.24, 2.45) is 0 Å². The zero-order chi connectivity index (χ0) is 42.6. The van der Waals surface area contributed by atoms with Crippen molar-refractivity contribution in [1.82, 2.24) is 30.4 Å². The van der Waals surface area contributed by atoms with Gasteiger partial charge in [0.1, 0.15) is 47.6 Å². The highest BCUT2D eigenvalue weighted by Gasteiger charge is 2.40. The lowest BCUT2D eigenvalue weighted by molar-refractivity contribution is -0.137. The molecule has 1 atom stereocenters. The minimum Gasteiger partial charge on any atom is -0.493 e. The van der Waals surface area contributed by atoms with E-state index in [2.05, 4.69) is 27.2 Å². The number of carbonyl (C=O) groups excluding carboxylic acids is 4. The van der Waals surface area contributed by atoms with E-state index in [4.69, 9.17) is 21.1 Å². The second-order valence-electron chi connectivity index (χ2n) is 14.9. The van der Waals surface area contributed by atoms with Gasteiger partial charge >= 0.3 is 0 Å². The molecule has 5 aromatic rings. The fourth-order valence-electron chi connectivity index (χ4n) is 7.95. The summed E-state index contributed by atoms with van der Waals surface area (Å²) in [5, 5.41) is 6.06. The molecule has 0 bridgehead atoms. The summed E-state index contributed by atoms with van der Waals surface area (Å²) in [6, 6.07) is 18.3. The maximum Gasteiger partial charge on any atom is 0.255 e. The van der Waals surface area contributed by atoms with Crippen LogP contribution in [0.15, 0.2) is 85.7 Å². The van der Waals surface area contributed by atoms with E-state index >= 15 is 8.78 Å². The third kappa shape index (κ3) is 8.61. The Morgan fingerprint density at radius 2 is 1.70 bits per heavy atom. The van der Waals surface area contributed by atoms with Gasteiger partial charge in [-0.2, -0.15) is 0 Å². The molecule has 2 fully saturated rings. The first kappa shape index (κ1) is 41.3. The van der Waals surface area contributed by atoms with E-state index in [0.717, 1.165) is 16.7 Å². The highest BCUT2D eigenvalue weighted by Crippen LogP contribution is 2.43. The third-order valence-electron chi connectivity index (χ3n) is 11.1. The highest BCUT2D eigenvalue weighted by molar-refractivity contribution is 6.34. The average molecular weight is 850 g/mol. The molecular formula is C45H42ClF2N7O6. The minimum atomic E-state index is -0.792. The fraction of sp³-hybridized carbons (Fsp3) is 0.289. The Hall–Kier alpha value is -6.45. The summed E-state index contributed by atoms with van der Waals surface area (Å²) in [7, 11) is 0. The van der Waals surface area contributed by atoms with Crippen LogP contribution in [0.4, 0.5) is 14.6 Å². The molecule has 4 aromatic carbocycles. The van der Waals surface area contributed by atoms with Crippen molar-refractivity contribution in [3.63, 3.8) is 0 Å². The number of ether oxygens (including phenoxy) is 2. The molecule has 3 aliphatic heterocycles. The summed E-state index contributed by atoms with van der Waals surface area (Å²) in [6.45, 7) is 7.27. The van der Waals surface area contributed by atoms with Crippen molar-refractivity contribution in [1.29, 1.82) is 0 Å². The van der Waals surface area contributed by atoms with Crippen molar-refractivity contribution >= 4 is 52.0 Å². The Morgan fingerprint density at radius 1 is 0.951 bits per heavy atom. The second-order valence-corrected chi connectivity index (χ2v) is 15.3. The van der Waals surface area contributed by atoms with Crippen LogP contribution in [0.1, 0.15) is 46.3 Å². The minimum absolute atomic E-state index is 0.00917. The molecule has 0 radical (unpaired) electrons. The van der Waals surface area contributed by atoms with Gasteiger partial charge in [0.05, 0.1) is 23.7 Å². The standard InChI is InChI=1S/C45H42ClF2N7O6/c1-2-38(57)53-17-19-54(20-18-53)43-30-22-32(46)39(41(48)42(30)50-26-51-43)40-33(47)7-4-9-36(40)60-21-5-16-49-23-27-10-12-28(13-11-27)25-61-35-8-3-6-29-31(35)24-55(45(29)59)34-14-15-37(56)52-44(34)58/h2-4,6-13,22,26,34,49H,1,5,14-21,23-25H2,(H,52,56,58). The first-order valence-corrected chi connectivity index (χ1v) is 20.4. The smallest absolute Gasteiger partial charge is 0.255 e.